The lowest BCUT2D eigenvalue weighted by Gasteiger charge is -2.25. The highest BCUT2D eigenvalue weighted by Gasteiger charge is 2.51. The van der Waals surface area contributed by atoms with Crippen molar-refractivity contribution in [3.8, 4) is 0 Å². The highest BCUT2D eigenvalue weighted by Crippen LogP contribution is 2.33. The summed E-state index contributed by atoms with van der Waals surface area (Å²) in [5, 5.41) is 14.5. The van der Waals surface area contributed by atoms with Crippen molar-refractivity contribution in [3.63, 3.8) is 0 Å². The fraction of sp³-hybridized carbons (Fsp3) is 0.167. The maximum Gasteiger partial charge on any atom is 0.353 e. The van der Waals surface area contributed by atoms with Crippen LogP contribution in [0.4, 0.5) is 17.3 Å². The molecule has 0 saturated carbocycles. The predicted octanol–water partition coefficient (Wildman–Crippen LogP) is 3.41. The number of esters is 3. The van der Waals surface area contributed by atoms with Crippen molar-refractivity contribution >= 4 is 35.2 Å². The SMILES string of the molecule is Nc1ncnc(NC2O[C@H](COC(=O)c3ccccc3)[C@@H](OC(=O)c3ccccc3)[C@H]2OC(=O)c2ccccc2)c1[N+](=O)[O-]. The lowest BCUT2D eigenvalue weighted by molar-refractivity contribution is -0.383. The van der Waals surface area contributed by atoms with Crippen LogP contribution in [0.3, 0.4) is 0 Å². The minimum Gasteiger partial charge on any atom is -0.459 e. The van der Waals surface area contributed by atoms with Gasteiger partial charge in [0.25, 0.3) is 0 Å². The standard InChI is InChI=1S/C30H25N5O9/c31-25-22(35(39)40)26(33-17-32-25)34-27-24(44-30(38)20-14-8-3-9-15-20)23(43-29(37)19-12-6-2-7-13-19)21(42-27)16-41-28(36)18-10-4-1-5-11-18/h1-15,17,21,23-24,27H,16H2,(H3,31,32,33,34)/t21-,23-,24-,27?/m1/s1. The quantitative estimate of drug-likeness (QED) is 0.117. The monoisotopic (exact) mass is 599 g/mol. The Morgan fingerprint density at radius 3 is 1.82 bits per heavy atom. The van der Waals surface area contributed by atoms with Gasteiger partial charge in [-0.3, -0.25) is 10.1 Å². The molecule has 0 bridgehead atoms. The number of ether oxygens (including phenoxy) is 4. The third kappa shape index (κ3) is 6.77. The van der Waals surface area contributed by atoms with Crippen LogP contribution in [0.15, 0.2) is 97.3 Å². The number of nitrogen functional groups attached to an aromatic ring is 1. The Bertz CT molecular complexity index is 1640. The molecule has 1 aliphatic rings. The molecule has 0 radical (unpaired) electrons. The van der Waals surface area contributed by atoms with Gasteiger partial charge in [0.2, 0.25) is 11.6 Å². The van der Waals surface area contributed by atoms with Crippen LogP contribution in [0, 0.1) is 10.1 Å². The van der Waals surface area contributed by atoms with Crippen molar-refractivity contribution in [2.45, 2.75) is 24.5 Å². The molecule has 4 aromatic rings. The van der Waals surface area contributed by atoms with Crippen molar-refractivity contribution in [2.75, 3.05) is 17.7 Å². The second kappa shape index (κ2) is 13.4. The van der Waals surface area contributed by atoms with E-state index in [0.717, 1.165) is 6.33 Å². The number of rotatable bonds is 10. The van der Waals surface area contributed by atoms with E-state index in [-0.39, 0.29) is 22.5 Å². The fourth-order valence-electron chi connectivity index (χ4n) is 4.41. The maximum atomic E-state index is 13.2. The topological polar surface area (TPSA) is 195 Å². The molecule has 14 nitrogen and oxygen atoms in total. The predicted molar refractivity (Wildman–Crippen MR) is 153 cm³/mol. The molecule has 224 valence electrons. The molecule has 2 heterocycles. The average Bonchev–Trinajstić information content (AvgIpc) is 3.35. The summed E-state index contributed by atoms with van der Waals surface area (Å²) in [6.07, 6.45) is -4.35. The average molecular weight is 600 g/mol. The Morgan fingerprint density at radius 2 is 1.30 bits per heavy atom. The summed E-state index contributed by atoms with van der Waals surface area (Å²) in [4.78, 5) is 57.7. The molecular formula is C30H25N5O9. The van der Waals surface area contributed by atoms with Crippen molar-refractivity contribution < 1.29 is 38.3 Å². The van der Waals surface area contributed by atoms with Crippen LogP contribution < -0.4 is 11.1 Å². The summed E-state index contributed by atoms with van der Waals surface area (Å²) in [6.45, 7) is -0.438. The molecule has 1 aromatic heterocycles. The van der Waals surface area contributed by atoms with Gasteiger partial charge >= 0.3 is 23.6 Å². The molecule has 0 amide bonds. The number of nitrogens with one attached hydrogen (secondary N) is 1. The number of hydrogen-bond acceptors (Lipinski definition) is 13. The van der Waals surface area contributed by atoms with Gasteiger partial charge in [0.1, 0.15) is 19.0 Å². The van der Waals surface area contributed by atoms with E-state index >= 15 is 0 Å². The smallest absolute Gasteiger partial charge is 0.353 e. The number of aromatic nitrogens is 2. The zero-order valence-electron chi connectivity index (χ0n) is 22.8. The van der Waals surface area contributed by atoms with E-state index in [9.17, 15) is 24.5 Å². The lowest BCUT2D eigenvalue weighted by Crippen LogP contribution is -2.43. The molecular weight excluding hydrogens is 574 g/mol. The molecule has 3 aromatic carbocycles. The second-order valence-electron chi connectivity index (χ2n) is 9.39. The molecule has 0 aliphatic carbocycles. The molecule has 1 saturated heterocycles. The van der Waals surface area contributed by atoms with Gasteiger partial charge in [0.15, 0.2) is 18.4 Å². The molecule has 1 aliphatic heterocycles. The molecule has 3 N–H and O–H groups in total. The molecule has 44 heavy (non-hydrogen) atoms. The van der Waals surface area contributed by atoms with Crippen LogP contribution in [0.1, 0.15) is 31.1 Å². The summed E-state index contributed by atoms with van der Waals surface area (Å²) >= 11 is 0. The van der Waals surface area contributed by atoms with Gasteiger partial charge in [-0.2, -0.15) is 0 Å². The van der Waals surface area contributed by atoms with Gasteiger partial charge in [0.05, 0.1) is 21.6 Å². The van der Waals surface area contributed by atoms with Gasteiger partial charge < -0.3 is 30.0 Å². The Hall–Kier alpha value is -5.89. The lowest BCUT2D eigenvalue weighted by atomic mass is 10.1. The van der Waals surface area contributed by atoms with E-state index in [1.807, 2.05) is 0 Å². The summed E-state index contributed by atoms with van der Waals surface area (Å²) in [5.41, 5.74) is 5.70. The Kier molecular flexibility index (Phi) is 9.01. The first-order valence-corrected chi connectivity index (χ1v) is 13.2. The minimum absolute atomic E-state index is 0.176. The highest BCUT2D eigenvalue weighted by molar-refractivity contribution is 5.91. The van der Waals surface area contributed by atoms with E-state index in [1.165, 1.54) is 24.3 Å². The van der Waals surface area contributed by atoms with Crippen molar-refractivity contribution in [1.29, 1.82) is 0 Å². The summed E-state index contributed by atoms with van der Waals surface area (Å²) in [6, 6.07) is 24.2. The number of nitro groups is 1. The summed E-state index contributed by atoms with van der Waals surface area (Å²) in [5.74, 6) is -3.04. The van der Waals surface area contributed by atoms with Crippen LogP contribution in [0.5, 0.6) is 0 Å². The second-order valence-corrected chi connectivity index (χ2v) is 9.39. The maximum absolute atomic E-state index is 13.2. The molecule has 5 rings (SSSR count). The zero-order chi connectivity index (χ0) is 31.1. The first kappa shape index (κ1) is 29.6. The van der Waals surface area contributed by atoms with Crippen LogP contribution >= 0.6 is 0 Å². The summed E-state index contributed by atoms with van der Waals surface area (Å²) in [7, 11) is 0. The Balaban J connectivity index is 1.49. The van der Waals surface area contributed by atoms with Gasteiger partial charge in [0, 0.05) is 0 Å². The van der Waals surface area contributed by atoms with E-state index in [2.05, 4.69) is 15.3 Å². The van der Waals surface area contributed by atoms with Crippen LogP contribution in [-0.2, 0) is 18.9 Å². The van der Waals surface area contributed by atoms with Crippen LogP contribution in [-0.4, -0.2) is 63.9 Å². The van der Waals surface area contributed by atoms with E-state index in [4.69, 9.17) is 24.7 Å². The fourth-order valence-corrected chi connectivity index (χ4v) is 4.41. The van der Waals surface area contributed by atoms with Crippen LogP contribution in [0.2, 0.25) is 0 Å². The van der Waals surface area contributed by atoms with E-state index < -0.39 is 65.5 Å². The first-order valence-electron chi connectivity index (χ1n) is 13.2. The molecule has 4 atom stereocenters. The number of carbonyl (C=O) groups excluding carboxylic acids is 3. The highest BCUT2D eigenvalue weighted by atomic mass is 16.7. The number of nitrogens with zero attached hydrogens (tertiary/aromatic N) is 3. The normalized spacial score (nSPS) is 19.0. The summed E-state index contributed by atoms with van der Waals surface area (Å²) < 4.78 is 23.1. The van der Waals surface area contributed by atoms with E-state index in [1.54, 1.807) is 66.7 Å². The third-order valence-corrected chi connectivity index (χ3v) is 6.52. The third-order valence-electron chi connectivity index (χ3n) is 6.52. The number of anilines is 2. The first-order chi connectivity index (χ1) is 21.3. The molecule has 1 fully saturated rings. The van der Waals surface area contributed by atoms with Crippen molar-refractivity contribution in [1.82, 2.24) is 9.97 Å². The number of hydrogen-bond donors (Lipinski definition) is 2. The van der Waals surface area contributed by atoms with Gasteiger partial charge in [-0.25, -0.2) is 24.4 Å². The van der Waals surface area contributed by atoms with Gasteiger partial charge in [-0.15, -0.1) is 0 Å². The van der Waals surface area contributed by atoms with Gasteiger partial charge in [-0.05, 0) is 36.4 Å². The molecule has 1 unspecified atom stereocenters. The Labute approximate surface area is 249 Å². The van der Waals surface area contributed by atoms with E-state index in [0.29, 0.717) is 0 Å². The Morgan fingerprint density at radius 1 is 0.795 bits per heavy atom. The van der Waals surface area contributed by atoms with Crippen molar-refractivity contribution in [2.24, 2.45) is 0 Å². The van der Waals surface area contributed by atoms with Crippen LogP contribution in [0.25, 0.3) is 0 Å². The largest absolute Gasteiger partial charge is 0.459 e. The number of carbonyl (C=O) groups is 3. The molecule has 14 heteroatoms. The number of nitrogens with two attached hydrogens (primary N) is 1. The van der Waals surface area contributed by atoms with Gasteiger partial charge in [-0.1, -0.05) is 54.6 Å². The minimum atomic E-state index is -1.41. The number of benzene rings is 3. The molecule has 0 spiro atoms. The zero-order valence-corrected chi connectivity index (χ0v) is 22.8. The van der Waals surface area contributed by atoms with Crippen molar-refractivity contribution in [3.05, 3.63) is 124 Å².